The number of hydrogen-bond acceptors (Lipinski definition) is 4. The Morgan fingerprint density at radius 2 is 2.04 bits per heavy atom. The molecule has 0 aromatic heterocycles. The molecule has 2 aliphatic rings. The lowest BCUT2D eigenvalue weighted by Crippen LogP contribution is -2.30. The zero-order valence-electron chi connectivity index (χ0n) is 14.7. The normalized spacial score (nSPS) is 16.3. The minimum absolute atomic E-state index is 0.104. The highest BCUT2D eigenvalue weighted by molar-refractivity contribution is 9.10. The molecular weight excluding hydrogens is 448 g/mol. The van der Waals surface area contributed by atoms with Gasteiger partial charge in [-0.3, -0.25) is 9.52 Å². The number of amides is 1. The van der Waals surface area contributed by atoms with Crippen molar-refractivity contribution in [3.05, 3.63) is 46.4 Å². The van der Waals surface area contributed by atoms with Gasteiger partial charge in [0.2, 0.25) is 5.91 Å². The number of anilines is 2. The summed E-state index contributed by atoms with van der Waals surface area (Å²) < 4.78 is 29.1. The lowest BCUT2D eigenvalue weighted by atomic mass is 10.2. The van der Waals surface area contributed by atoms with E-state index in [-0.39, 0.29) is 16.7 Å². The van der Waals surface area contributed by atoms with Crippen LogP contribution in [0.5, 0.6) is 0 Å². The summed E-state index contributed by atoms with van der Waals surface area (Å²) in [5.74, 6) is 0.215. The fourth-order valence-electron chi connectivity index (χ4n) is 3.27. The molecule has 1 aliphatic carbocycles. The van der Waals surface area contributed by atoms with Crippen LogP contribution in [-0.4, -0.2) is 27.1 Å². The number of thioether (sulfide) groups is 1. The molecule has 1 fully saturated rings. The summed E-state index contributed by atoms with van der Waals surface area (Å²) in [4.78, 5) is 15.4. The van der Waals surface area contributed by atoms with Gasteiger partial charge in [-0.25, -0.2) is 8.42 Å². The highest BCUT2D eigenvalue weighted by Gasteiger charge is 2.37. The summed E-state index contributed by atoms with van der Waals surface area (Å²) >= 11 is 4.95. The quantitative estimate of drug-likeness (QED) is 0.667. The molecule has 2 aromatic carbocycles. The van der Waals surface area contributed by atoms with Crippen LogP contribution in [0.2, 0.25) is 0 Å². The van der Waals surface area contributed by atoms with Gasteiger partial charge in [0, 0.05) is 33.2 Å². The summed E-state index contributed by atoms with van der Waals surface area (Å²) in [6.45, 7) is 0.615. The molecule has 142 valence electrons. The van der Waals surface area contributed by atoms with Crippen LogP contribution in [0.25, 0.3) is 0 Å². The second-order valence-corrected chi connectivity index (χ2v) is 10.1. The molecule has 1 saturated carbocycles. The first kappa shape index (κ1) is 18.8. The molecule has 0 saturated heterocycles. The van der Waals surface area contributed by atoms with E-state index >= 15 is 0 Å². The monoisotopic (exact) mass is 466 g/mol. The van der Waals surface area contributed by atoms with Gasteiger partial charge in [0.15, 0.2) is 0 Å². The first-order valence-corrected chi connectivity index (χ1v) is 12.2. The van der Waals surface area contributed by atoms with Crippen molar-refractivity contribution >= 4 is 55.0 Å². The van der Waals surface area contributed by atoms with Gasteiger partial charge in [-0.15, -0.1) is 11.8 Å². The second-order valence-electron chi connectivity index (χ2n) is 6.76. The molecule has 4 rings (SSSR count). The van der Waals surface area contributed by atoms with E-state index in [0.29, 0.717) is 22.4 Å². The van der Waals surface area contributed by atoms with Gasteiger partial charge in [-0.2, -0.15) is 0 Å². The van der Waals surface area contributed by atoms with Crippen LogP contribution < -0.4 is 9.62 Å². The van der Waals surface area contributed by atoms with E-state index in [0.717, 1.165) is 29.7 Å². The van der Waals surface area contributed by atoms with Gasteiger partial charge in [-0.1, -0.05) is 6.07 Å². The minimum Gasteiger partial charge on any atom is -0.312 e. The fourth-order valence-corrected chi connectivity index (χ4v) is 5.89. The maximum absolute atomic E-state index is 13.0. The largest absolute Gasteiger partial charge is 0.312 e. The molecule has 0 radical (unpaired) electrons. The van der Waals surface area contributed by atoms with Gasteiger partial charge >= 0.3 is 0 Å². The van der Waals surface area contributed by atoms with Crippen molar-refractivity contribution in [1.82, 2.24) is 0 Å². The van der Waals surface area contributed by atoms with E-state index < -0.39 is 10.0 Å². The number of carbonyl (C=O) groups excluding carboxylic acids is 1. The molecule has 0 atom stereocenters. The van der Waals surface area contributed by atoms with Crippen molar-refractivity contribution in [2.24, 2.45) is 5.92 Å². The summed E-state index contributed by atoms with van der Waals surface area (Å²) in [6.07, 6.45) is 4.55. The van der Waals surface area contributed by atoms with E-state index in [1.165, 1.54) is 0 Å². The third-order valence-electron chi connectivity index (χ3n) is 4.83. The molecule has 8 heteroatoms. The Morgan fingerprint density at radius 3 is 2.74 bits per heavy atom. The SMILES string of the molecule is CSc1cccc(NS(=O)(=O)c2cc3c(cc2Br)CCN3C(=O)C2CC2)c1. The predicted molar refractivity (Wildman–Crippen MR) is 112 cm³/mol. The smallest absolute Gasteiger partial charge is 0.263 e. The molecule has 0 unspecified atom stereocenters. The van der Waals surface area contributed by atoms with Crippen molar-refractivity contribution in [3.8, 4) is 0 Å². The van der Waals surface area contributed by atoms with Crippen molar-refractivity contribution in [1.29, 1.82) is 0 Å². The Balaban J connectivity index is 1.68. The van der Waals surface area contributed by atoms with E-state index in [4.69, 9.17) is 0 Å². The minimum atomic E-state index is -3.79. The van der Waals surface area contributed by atoms with Gasteiger partial charge in [0.25, 0.3) is 10.0 Å². The maximum Gasteiger partial charge on any atom is 0.263 e. The Bertz CT molecular complexity index is 1020. The number of hydrogen-bond donors (Lipinski definition) is 1. The summed E-state index contributed by atoms with van der Waals surface area (Å²) in [6, 6.07) is 10.7. The van der Waals surface area contributed by atoms with E-state index in [1.54, 1.807) is 34.9 Å². The number of carbonyl (C=O) groups is 1. The first-order valence-electron chi connectivity index (χ1n) is 8.70. The van der Waals surface area contributed by atoms with Crippen molar-refractivity contribution in [2.75, 3.05) is 22.4 Å². The first-order chi connectivity index (χ1) is 12.9. The summed E-state index contributed by atoms with van der Waals surface area (Å²) in [5, 5.41) is 0. The Kier molecular flexibility index (Phi) is 4.98. The molecule has 1 amide bonds. The number of rotatable bonds is 5. The van der Waals surface area contributed by atoms with Crippen LogP contribution in [0.4, 0.5) is 11.4 Å². The van der Waals surface area contributed by atoms with Gasteiger partial charge in [0.05, 0.1) is 0 Å². The molecule has 5 nitrogen and oxygen atoms in total. The van der Waals surface area contributed by atoms with Crippen molar-refractivity contribution < 1.29 is 13.2 Å². The van der Waals surface area contributed by atoms with E-state index in [1.807, 2.05) is 24.5 Å². The third-order valence-corrected chi connectivity index (χ3v) is 7.90. The van der Waals surface area contributed by atoms with Crippen LogP contribution in [0, 0.1) is 5.92 Å². The van der Waals surface area contributed by atoms with Crippen LogP contribution in [0.3, 0.4) is 0 Å². The number of nitrogens with zero attached hydrogens (tertiary/aromatic N) is 1. The van der Waals surface area contributed by atoms with E-state index in [9.17, 15) is 13.2 Å². The zero-order valence-corrected chi connectivity index (χ0v) is 18.0. The average molecular weight is 467 g/mol. The number of halogens is 1. The molecule has 1 aliphatic heterocycles. The highest BCUT2D eigenvalue weighted by Crippen LogP contribution is 2.39. The molecule has 27 heavy (non-hydrogen) atoms. The van der Waals surface area contributed by atoms with Gasteiger partial charge < -0.3 is 4.90 Å². The molecule has 1 heterocycles. The zero-order chi connectivity index (χ0) is 19.2. The topological polar surface area (TPSA) is 66.5 Å². The maximum atomic E-state index is 13.0. The Labute approximate surface area is 171 Å². The second kappa shape index (κ2) is 7.14. The molecule has 1 N–H and O–H groups in total. The van der Waals surface area contributed by atoms with E-state index in [2.05, 4.69) is 20.7 Å². The van der Waals surface area contributed by atoms with Crippen LogP contribution in [-0.2, 0) is 21.2 Å². The number of benzene rings is 2. The van der Waals surface area contributed by atoms with Crippen LogP contribution in [0.1, 0.15) is 18.4 Å². The van der Waals surface area contributed by atoms with Crippen molar-refractivity contribution in [2.45, 2.75) is 29.1 Å². The molecule has 0 bridgehead atoms. The predicted octanol–water partition coefficient (Wildman–Crippen LogP) is 4.27. The van der Waals surface area contributed by atoms with Crippen LogP contribution >= 0.6 is 27.7 Å². The number of fused-ring (bicyclic) bond motifs is 1. The average Bonchev–Trinajstić information content (AvgIpc) is 3.40. The number of nitrogens with one attached hydrogen (secondary N) is 1. The lowest BCUT2D eigenvalue weighted by Gasteiger charge is -2.19. The van der Waals surface area contributed by atoms with Crippen LogP contribution in [0.15, 0.2) is 50.7 Å². The summed E-state index contributed by atoms with van der Waals surface area (Å²) in [7, 11) is -3.79. The fraction of sp³-hybridized carbons (Fsp3) is 0.316. The lowest BCUT2D eigenvalue weighted by molar-refractivity contribution is -0.119. The van der Waals surface area contributed by atoms with Crippen molar-refractivity contribution in [3.63, 3.8) is 0 Å². The molecule has 2 aromatic rings. The molecular formula is C19H19BrN2O3S2. The van der Waals surface area contributed by atoms with Gasteiger partial charge in [-0.05, 0) is 77.3 Å². The van der Waals surface area contributed by atoms with Gasteiger partial charge in [0.1, 0.15) is 4.90 Å². The summed E-state index contributed by atoms with van der Waals surface area (Å²) in [5.41, 5.74) is 2.23. The standard InChI is InChI=1S/C19H19BrN2O3S2/c1-26-15-4-2-3-14(10-15)21-27(24,25)18-11-17-13(9-16(18)20)7-8-22(17)19(23)12-5-6-12/h2-4,9-12,21H,5-8H2,1H3. The Morgan fingerprint density at radius 1 is 1.26 bits per heavy atom. The third kappa shape index (κ3) is 3.75. The Hall–Kier alpha value is -1.51. The molecule has 0 spiro atoms. The number of sulfonamides is 1. The highest BCUT2D eigenvalue weighted by atomic mass is 79.9.